The minimum Gasteiger partial charge on any atom is -0.366 e. The summed E-state index contributed by atoms with van der Waals surface area (Å²) in [4.78, 5) is 12.3. The Bertz CT molecular complexity index is 499. The van der Waals surface area contributed by atoms with Crippen molar-refractivity contribution in [3.8, 4) is 0 Å². The molecule has 6 nitrogen and oxygen atoms in total. The van der Waals surface area contributed by atoms with Gasteiger partial charge in [0, 0.05) is 24.5 Å². The van der Waals surface area contributed by atoms with Crippen LogP contribution in [0.2, 0.25) is 0 Å². The molecule has 2 heterocycles. The second-order valence-electron chi connectivity index (χ2n) is 3.76. The molecule has 94 valence electrons. The lowest BCUT2D eigenvalue weighted by atomic mass is 10.2. The molecule has 0 bridgehead atoms. The molecule has 0 unspecified atom stereocenters. The number of hydrogen-bond donors (Lipinski definition) is 3. The van der Waals surface area contributed by atoms with Gasteiger partial charge in [-0.1, -0.05) is 6.92 Å². The summed E-state index contributed by atoms with van der Waals surface area (Å²) < 4.78 is 0. The third-order valence-corrected chi connectivity index (χ3v) is 2.64. The van der Waals surface area contributed by atoms with Gasteiger partial charge in [-0.25, -0.2) is 15.8 Å². The van der Waals surface area contributed by atoms with Gasteiger partial charge in [-0.2, -0.15) is 0 Å². The third-order valence-electron chi connectivity index (χ3n) is 2.64. The monoisotopic (exact) mass is 244 g/mol. The van der Waals surface area contributed by atoms with Crippen LogP contribution in [-0.4, -0.2) is 15.0 Å². The summed E-state index contributed by atoms with van der Waals surface area (Å²) in [5, 5.41) is 3.28. The molecule has 0 saturated carbocycles. The van der Waals surface area contributed by atoms with Gasteiger partial charge < -0.3 is 10.7 Å². The molecule has 4 N–H and O–H groups in total. The number of hydrogen-bond acceptors (Lipinski definition) is 6. The Balaban J connectivity index is 2.14. The normalized spacial score (nSPS) is 10.1. The Kier molecular flexibility index (Phi) is 4.03. The lowest BCUT2D eigenvalue weighted by molar-refractivity contribution is 1.00. The van der Waals surface area contributed by atoms with Crippen molar-refractivity contribution in [2.75, 3.05) is 10.7 Å². The predicted octanol–water partition coefficient (Wildman–Crippen LogP) is 1.33. The van der Waals surface area contributed by atoms with Gasteiger partial charge in [-0.3, -0.25) is 4.98 Å². The Labute approximate surface area is 106 Å². The van der Waals surface area contributed by atoms with Gasteiger partial charge in [0.1, 0.15) is 18.0 Å². The lowest BCUT2D eigenvalue weighted by Gasteiger charge is -2.12. The summed E-state index contributed by atoms with van der Waals surface area (Å²) in [6.07, 6.45) is 5.83. The molecule has 0 amide bonds. The fourth-order valence-electron chi connectivity index (χ4n) is 1.71. The summed E-state index contributed by atoms with van der Waals surface area (Å²) in [5.74, 6) is 6.89. The molecule has 2 rings (SSSR count). The van der Waals surface area contributed by atoms with E-state index >= 15 is 0 Å². The first-order valence-corrected chi connectivity index (χ1v) is 5.78. The largest absolute Gasteiger partial charge is 0.366 e. The smallest absolute Gasteiger partial charge is 0.148 e. The van der Waals surface area contributed by atoms with Gasteiger partial charge >= 0.3 is 0 Å². The van der Waals surface area contributed by atoms with Crippen molar-refractivity contribution in [2.24, 2.45) is 5.84 Å². The highest BCUT2D eigenvalue weighted by molar-refractivity contribution is 5.56. The summed E-state index contributed by atoms with van der Waals surface area (Å²) in [6, 6.07) is 3.92. The number of aromatic nitrogens is 3. The molecule has 0 radical (unpaired) electrons. The maximum atomic E-state index is 5.43. The molecular weight excluding hydrogens is 228 g/mol. The van der Waals surface area contributed by atoms with Crippen LogP contribution in [0.3, 0.4) is 0 Å². The third kappa shape index (κ3) is 2.72. The van der Waals surface area contributed by atoms with E-state index in [1.54, 1.807) is 12.4 Å². The number of nitrogens with one attached hydrogen (secondary N) is 2. The Morgan fingerprint density at radius 2 is 1.89 bits per heavy atom. The van der Waals surface area contributed by atoms with Crippen molar-refractivity contribution in [2.45, 2.75) is 19.9 Å². The molecule has 0 fully saturated rings. The fourth-order valence-corrected chi connectivity index (χ4v) is 1.71. The van der Waals surface area contributed by atoms with Crippen LogP contribution >= 0.6 is 0 Å². The van der Waals surface area contributed by atoms with E-state index in [2.05, 4.69) is 25.7 Å². The fraction of sp³-hybridized carbons (Fsp3) is 0.250. The van der Waals surface area contributed by atoms with Crippen molar-refractivity contribution in [3.63, 3.8) is 0 Å². The van der Waals surface area contributed by atoms with Gasteiger partial charge in [0.05, 0.1) is 0 Å². The molecule has 2 aromatic rings. The molecular formula is C12H16N6. The molecule has 0 spiro atoms. The molecule has 0 saturated heterocycles. The van der Waals surface area contributed by atoms with E-state index in [1.807, 2.05) is 19.1 Å². The van der Waals surface area contributed by atoms with Crippen molar-refractivity contribution in [3.05, 3.63) is 42.0 Å². The number of hydrazine groups is 1. The molecule has 18 heavy (non-hydrogen) atoms. The van der Waals surface area contributed by atoms with E-state index in [-0.39, 0.29) is 0 Å². The zero-order valence-corrected chi connectivity index (χ0v) is 10.2. The maximum Gasteiger partial charge on any atom is 0.148 e. The molecule has 2 aromatic heterocycles. The quantitative estimate of drug-likeness (QED) is 0.543. The summed E-state index contributed by atoms with van der Waals surface area (Å²) in [5.41, 5.74) is 4.71. The number of pyridine rings is 1. The van der Waals surface area contributed by atoms with E-state index < -0.39 is 0 Å². The van der Waals surface area contributed by atoms with Gasteiger partial charge in [0.2, 0.25) is 0 Å². The highest BCUT2D eigenvalue weighted by atomic mass is 15.3. The van der Waals surface area contributed by atoms with Gasteiger partial charge in [0.25, 0.3) is 0 Å². The first-order chi connectivity index (χ1) is 8.85. The Hall–Kier alpha value is -2.21. The van der Waals surface area contributed by atoms with E-state index in [9.17, 15) is 0 Å². The average molecular weight is 244 g/mol. The number of nitrogen functional groups attached to an aromatic ring is 1. The first kappa shape index (κ1) is 12.3. The predicted molar refractivity (Wildman–Crippen MR) is 70.8 cm³/mol. The van der Waals surface area contributed by atoms with Crippen molar-refractivity contribution < 1.29 is 0 Å². The SMILES string of the molecule is CCc1c(NN)ncnc1NCc1ccncc1. The van der Waals surface area contributed by atoms with Crippen LogP contribution in [0.4, 0.5) is 11.6 Å². The molecule has 6 heteroatoms. The van der Waals surface area contributed by atoms with E-state index in [0.717, 1.165) is 23.4 Å². The Morgan fingerprint density at radius 3 is 2.56 bits per heavy atom. The van der Waals surface area contributed by atoms with Crippen LogP contribution in [-0.2, 0) is 13.0 Å². The standard InChI is InChI=1S/C12H16N6/c1-2-10-11(16-8-17-12(10)18-13)15-7-9-3-5-14-6-4-9/h3-6,8H,2,7,13H2,1H3,(H2,15,16,17,18). The lowest BCUT2D eigenvalue weighted by Crippen LogP contribution is -2.14. The highest BCUT2D eigenvalue weighted by Gasteiger charge is 2.08. The minimum absolute atomic E-state index is 0.657. The summed E-state index contributed by atoms with van der Waals surface area (Å²) >= 11 is 0. The van der Waals surface area contributed by atoms with E-state index in [1.165, 1.54) is 6.33 Å². The second-order valence-corrected chi connectivity index (χ2v) is 3.76. The second kappa shape index (κ2) is 5.92. The van der Waals surface area contributed by atoms with E-state index in [4.69, 9.17) is 5.84 Å². The summed E-state index contributed by atoms with van der Waals surface area (Å²) in [7, 11) is 0. The van der Waals surface area contributed by atoms with Crippen LogP contribution in [0.25, 0.3) is 0 Å². The van der Waals surface area contributed by atoms with Crippen LogP contribution in [0.5, 0.6) is 0 Å². The van der Waals surface area contributed by atoms with Crippen LogP contribution < -0.4 is 16.6 Å². The number of nitrogens with two attached hydrogens (primary N) is 1. The highest BCUT2D eigenvalue weighted by Crippen LogP contribution is 2.19. The molecule has 0 aliphatic rings. The number of nitrogens with zero attached hydrogens (tertiary/aromatic N) is 3. The molecule has 0 aromatic carbocycles. The van der Waals surface area contributed by atoms with Crippen LogP contribution in [0, 0.1) is 0 Å². The van der Waals surface area contributed by atoms with Crippen LogP contribution in [0.1, 0.15) is 18.1 Å². The topological polar surface area (TPSA) is 88.8 Å². The van der Waals surface area contributed by atoms with Crippen LogP contribution in [0.15, 0.2) is 30.9 Å². The summed E-state index contributed by atoms with van der Waals surface area (Å²) in [6.45, 7) is 2.73. The van der Waals surface area contributed by atoms with Gasteiger partial charge in [-0.05, 0) is 24.1 Å². The molecule has 0 atom stereocenters. The zero-order chi connectivity index (χ0) is 12.8. The van der Waals surface area contributed by atoms with Crippen molar-refractivity contribution in [1.29, 1.82) is 0 Å². The van der Waals surface area contributed by atoms with Gasteiger partial charge in [0.15, 0.2) is 0 Å². The van der Waals surface area contributed by atoms with E-state index in [0.29, 0.717) is 12.4 Å². The number of anilines is 2. The van der Waals surface area contributed by atoms with Crippen molar-refractivity contribution in [1.82, 2.24) is 15.0 Å². The maximum absolute atomic E-state index is 5.43. The first-order valence-electron chi connectivity index (χ1n) is 5.78. The number of rotatable bonds is 5. The molecule has 0 aliphatic heterocycles. The average Bonchev–Trinajstić information content (AvgIpc) is 2.45. The van der Waals surface area contributed by atoms with Gasteiger partial charge in [-0.15, -0.1) is 0 Å². The molecule has 0 aliphatic carbocycles. The minimum atomic E-state index is 0.657. The zero-order valence-electron chi connectivity index (χ0n) is 10.2. The van der Waals surface area contributed by atoms with Crippen molar-refractivity contribution >= 4 is 11.6 Å². The Morgan fingerprint density at radius 1 is 1.17 bits per heavy atom.